The molecule has 3 heterocycles. The Morgan fingerprint density at radius 3 is 2.56 bits per heavy atom. The molecule has 2 aromatic heterocycles. The third kappa shape index (κ3) is 3.80. The summed E-state index contributed by atoms with van der Waals surface area (Å²) in [5.74, 6) is 0.872. The van der Waals surface area contributed by atoms with E-state index in [-0.39, 0.29) is 22.6 Å². The maximum atomic E-state index is 13.6. The summed E-state index contributed by atoms with van der Waals surface area (Å²) in [5.41, 5.74) is 2.66. The number of fused-ring (bicyclic) bond motifs is 1. The fourth-order valence-electron chi connectivity index (χ4n) is 5.84. The number of hydrogen-bond acceptors (Lipinski definition) is 6. The summed E-state index contributed by atoms with van der Waals surface area (Å²) in [6, 6.07) is 13.1. The molecule has 8 nitrogen and oxygen atoms in total. The van der Waals surface area contributed by atoms with E-state index in [4.69, 9.17) is 10.00 Å². The van der Waals surface area contributed by atoms with Gasteiger partial charge in [-0.3, -0.25) is 19.1 Å². The first-order chi connectivity index (χ1) is 17.5. The Hall–Kier alpha value is -3.54. The van der Waals surface area contributed by atoms with Gasteiger partial charge in [-0.25, -0.2) is 4.98 Å². The lowest BCUT2D eigenvalue weighted by Crippen LogP contribution is -2.74. The van der Waals surface area contributed by atoms with Crippen molar-refractivity contribution in [2.75, 3.05) is 32.8 Å². The van der Waals surface area contributed by atoms with Crippen LogP contribution in [0.1, 0.15) is 35.7 Å². The number of ether oxygens (including phenoxy) is 1. The van der Waals surface area contributed by atoms with E-state index in [1.807, 2.05) is 18.2 Å². The second-order valence-corrected chi connectivity index (χ2v) is 10.4. The molecular formula is C28H29N5O3. The number of amides is 1. The molecule has 3 aromatic rings. The predicted octanol–water partition coefficient (Wildman–Crippen LogP) is 2.80. The number of nitriles is 1. The van der Waals surface area contributed by atoms with Gasteiger partial charge in [0.25, 0.3) is 11.5 Å². The van der Waals surface area contributed by atoms with Crippen LogP contribution < -0.4 is 10.9 Å². The van der Waals surface area contributed by atoms with Crippen molar-refractivity contribution < 1.29 is 9.53 Å². The monoisotopic (exact) mass is 483 g/mol. The Bertz CT molecular complexity index is 1430. The van der Waals surface area contributed by atoms with E-state index < -0.39 is 0 Å². The van der Waals surface area contributed by atoms with Gasteiger partial charge in [-0.05, 0) is 54.5 Å². The Labute approximate surface area is 209 Å². The quantitative estimate of drug-likeness (QED) is 0.579. The fraction of sp³-hybridized carbons (Fsp3) is 0.429. The number of carbonyl (C=O) groups excluding carboxylic acids is 1. The Morgan fingerprint density at radius 2 is 1.92 bits per heavy atom. The molecule has 7 rings (SSSR count). The molecule has 1 N–H and O–H groups in total. The topological polar surface area (TPSA) is 100 Å². The molecule has 1 aromatic carbocycles. The van der Waals surface area contributed by atoms with E-state index in [9.17, 15) is 9.59 Å². The predicted molar refractivity (Wildman–Crippen MR) is 135 cm³/mol. The molecule has 184 valence electrons. The molecule has 4 fully saturated rings. The molecule has 1 amide bonds. The molecule has 3 aliphatic carbocycles. The van der Waals surface area contributed by atoms with Crippen LogP contribution in [0.25, 0.3) is 22.2 Å². The Balaban J connectivity index is 1.38. The van der Waals surface area contributed by atoms with E-state index >= 15 is 0 Å². The third-order valence-corrected chi connectivity index (χ3v) is 8.46. The summed E-state index contributed by atoms with van der Waals surface area (Å²) >= 11 is 0. The van der Waals surface area contributed by atoms with Gasteiger partial charge in [0, 0.05) is 48.9 Å². The van der Waals surface area contributed by atoms with Gasteiger partial charge in [0.15, 0.2) is 0 Å². The molecule has 36 heavy (non-hydrogen) atoms. The summed E-state index contributed by atoms with van der Waals surface area (Å²) in [6.07, 6.45) is 3.75. The normalized spacial score (nSPS) is 25.0. The second-order valence-electron chi connectivity index (χ2n) is 10.4. The van der Waals surface area contributed by atoms with Gasteiger partial charge in [-0.15, -0.1) is 0 Å². The third-order valence-electron chi connectivity index (χ3n) is 8.46. The second kappa shape index (κ2) is 8.84. The summed E-state index contributed by atoms with van der Waals surface area (Å²) in [6.45, 7) is 6.33. The van der Waals surface area contributed by atoms with Crippen LogP contribution in [0.4, 0.5) is 0 Å². The highest BCUT2D eigenvalue weighted by molar-refractivity contribution is 5.98. The number of rotatable bonds is 6. The Kier molecular flexibility index (Phi) is 5.62. The van der Waals surface area contributed by atoms with E-state index in [2.05, 4.69) is 28.2 Å². The number of nitrogens with zero attached hydrogens (tertiary/aromatic N) is 4. The van der Waals surface area contributed by atoms with Crippen molar-refractivity contribution >= 4 is 16.9 Å². The van der Waals surface area contributed by atoms with Crippen molar-refractivity contribution in [2.45, 2.75) is 31.8 Å². The summed E-state index contributed by atoms with van der Waals surface area (Å²) in [4.78, 5) is 33.9. The summed E-state index contributed by atoms with van der Waals surface area (Å²) in [5, 5.41) is 13.0. The minimum Gasteiger partial charge on any atom is -0.379 e. The molecule has 2 bridgehead atoms. The van der Waals surface area contributed by atoms with Gasteiger partial charge in [0.1, 0.15) is 11.2 Å². The van der Waals surface area contributed by atoms with Crippen molar-refractivity contribution in [1.29, 1.82) is 5.26 Å². The molecule has 3 saturated carbocycles. The SMILES string of the molecule is CC1C2CC1(NC(=O)c1cc3cc(-c4ccc(C#N)cc4)cnc3n(CCN3CCOCC3)c1=O)C2. The minimum absolute atomic E-state index is 0.148. The van der Waals surface area contributed by atoms with Crippen LogP contribution >= 0.6 is 0 Å². The molecule has 0 radical (unpaired) electrons. The summed E-state index contributed by atoms with van der Waals surface area (Å²) < 4.78 is 7.09. The highest BCUT2D eigenvalue weighted by Crippen LogP contribution is 2.61. The van der Waals surface area contributed by atoms with Crippen LogP contribution in [0.3, 0.4) is 0 Å². The summed E-state index contributed by atoms with van der Waals surface area (Å²) in [7, 11) is 0. The van der Waals surface area contributed by atoms with Gasteiger partial charge >= 0.3 is 0 Å². The Morgan fingerprint density at radius 1 is 1.17 bits per heavy atom. The maximum Gasteiger partial charge on any atom is 0.265 e. The molecule has 1 unspecified atom stereocenters. The standard InChI is InChI=1S/C28H29N5O3/c1-18-23-14-28(18,15-23)31-26(34)24-13-21-12-22(20-4-2-19(16-29)3-5-20)17-30-25(21)33(27(24)35)7-6-32-8-10-36-11-9-32/h2-5,12-13,17-18,23H,6-11,14-15H2,1H3,(H,31,34). The number of pyridine rings is 2. The van der Waals surface area contributed by atoms with Crippen LogP contribution in [-0.4, -0.2) is 58.7 Å². The highest BCUT2D eigenvalue weighted by atomic mass is 16.5. The molecule has 1 aliphatic heterocycles. The molecular weight excluding hydrogens is 454 g/mol. The molecule has 4 aliphatic rings. The van der Waals surface area contributed by atoms with Crippen LogP contribution in [0.15, 0.2) is 47.4 Å². The number of hydrogen-bond donors (Lipinski definition) is 1. The molecule has 1 atom stereocenters. The van der Waals surface area contributed by atoms with Gasteiger partial charge in [-0.1, -0.05) is 19.1 Å². The highest BCUT2D eigenvalue weighted by Gasteiger charge is 2.63. The van der Waals surface area contributed by atoms with Gasteiger partial charge in [-0.2, -0.15) is 5.26 Å². The number of carbonyl (C=O) groups is 1. The fourth-order valence-corrected chi connectivity index (χ4v) is 5.84. The van der Waals surface area contributed by atoms with Crippen molar-refractivity contribution in [2.24, 2.45) is 11.8 Å². The average molecular weight is 484 g/mol. The first-order valence-corrected chi connectivity index (χ1v) is 12.6. The number of nitrogens with one attached hydrogen (secondary N) is 1. The maximum absolute atomic E-state index is 13.6. The molecule has 1 saturated heterocycles. The first-order valence-electron chi connectivity index (χ1n) is 12.6. The minimum atomic E-state index is -0.300. The van der Waals surface area contributed by atoms with Crippen molar-refractivity contribution in [3.8, 4) is 17.2 Å². The van der Waals surface area contributed by atoms with E-state index in [1.165, 1.54) is 0 Å². The number of aromatic nitrogens is 2. The lowest BCUT2D eigenvalue weighted by Gasteiger charge is -2.67. The zero-order valence-corrected chi connectivity index (χ0v) is 20.4. The lowest BCUT2D eigenvalue weighted by atomic mass is 9.43. The van der Waals surface area contributed by atoms with E-state index in [0.29, 0.717) is 49.3 Å². The van der Waals surface area contributed by atoms with E-state index in [1.54, 1.807) is 29.0 Å². The smallest absolute Gasteiger partial charge is 0.265 e. The van der Waals surface area contributed by atoms with Crippen LogP contribution in [0, 0.1) is 23.2 Å². The van der Waals surface area contributed by atoms with Crippen molar-refractivity contribution in [1.82, 2.24) is 19.8 Å². The largest absolute Gasteiger partial charge is 0.379 e. The van der Waals surface area contributed by atoms with Gasteiger partial charge in [0.05, 0.1) is 24.8 Å². The molecule has 8 heteroatoms. The zero-order chi connectivity index (χ0) is 24.9. The molecule has 0 spiro atoms. The zero-order valence-electron chi connectivity index (χ0n) is 20.4. The lowest BCUT2D eigenvalue weighted by molar-refractivity contribution is -0.118. The first kappa shape index (κ1) is 22.9. The van der Waals surface area contributed by atoms with Crippen molar-refractivity contribution in [3.05, 3.63) is 64.1 Å². The van der Waals surface area contributed by atoms with Crippen LogP contribution in [0.2, 0.25) is 0 Å². The average Bonchev–Trinajstić information content (AvgIpc) is 2.90. The number of benzene rings is 1. The van der Waals surface area contributed by atoms with Crippen LogP contribution in [-0.2, 0) is 11.3 Å². The van der Waals surface area contributed by atoms with Gasteiger partial charge < -0.3 is 10.1 Å². The van der Waals surface area contributed by atoms with E-state index in [0.717, 1.165) is 42.4 Å². The van der Waals surface area contributed by atoms with Crippen molar-refractivity contribution in [3.63, 3.8) is 0 Å². The van der Waals surface area contributed by atoms with Crippen LogP contribution in [0.5, 0.6) is 0 Å². The van der Waals surface area contributed by atoms with Gasteiger partial charge in [0.2, 0.25) is 0 Å². The number of morpholine rings is 1.